The van der Waals surface area contributed by atoms with Crippen molar-refractivity contribution in [3.8, 4) is 11.5 Å². The van der Waals surface area contributed by atoms with Gasteiger partial charge in [0.1, 0.15) is 17.0 Å². The summed E-state index contributed by atoms with van der Waals surface area (Å²) in [5, 5.41) is 3.01. The van der Waals surface area contributed by atoms with Gasteiger partial charge in [-0.15, -0.1) is 0 Å². The van der Waals surface area contributed by atoms with Crippen molar-refractivity contribution in [3.05, 3.63) is 23.8 Å². The van der Waals surface area contributed by atoms with Gasteiger partial charge in [-0.2, -0.15) is 0 Å². The van der Waals surface area contributed by atoms with Crippen molar-refractivity contribution in [1.29, 1.82) is 0 Å². The van der Waals surface area contributed by atoms with Crippen LogP contribution in [0.15, 0.2) is 18.2 Å². The maximum absolute atomic E-state index is 12.8. The number of hydrogen-bond acceptors (Lipinski definition) is 4. The van der Waals surface area contributed by atoms with Crippen molar-refractivity contribution in [2.45, 2.75) is 58.2 Å². The van der Waals surface area contributed by atoms with E-state index < -0.39 is 5.54 Å². The number of hydrogen-bond donors (Lipinski definition) is 1. The highest BCUT2D eigenvalue weighted by atomic mass is 16.5. The van der Waals surface area contributed by atoms with Crippen molar-refractivity contribution in [2.24, 2.45) is 0 Å². The zero-order valence-electron chi connectivity index (χ0n) is 15.7. The van der Waals surface area contributed by atoms with Gasteiger partial charge in [0.2, 0.25) is 11.8 Å². The molecular weight excluding hydrogens is 320 g/mol. The Bertz CT molecular complexity index is 646. The quantitative estimate of drug-likeness (QED) is 0.822. The number of carbonyl (C=O) groups excluding carboxylic acids is 2. The Morgan fingerprint density at radius 3 is 2.68 bits per heavy atom. The van der Waals surface area contributed by atoms with Crippen molar-refractivity contribution >= 4 is 11.8 Å². The fourth-order valence-corrected chi connectivity index (χ4v) is 3.05. The maximum atomic E-state index is 12.8. The van der Waals surface area contributed by atoms with Crippen LogP contribution >= 0.6 is 0 Å². The Labute approximate surface area is 149 Å². The highest BCUT2D eigenvalue weighted by Crippen LogP contribution is 2.34. The predicted octanol–water partition coefficient (Wildman–Crippen LogP) is 2.50. The summed E-state index contributed by atoms with van der Waals surface area (Å²) in [6.45, 7) is 6.13. The molecule has 2 amide bonds. The molecule has 0 radical (unpaired) electrons. The second-order valence-electron chi connectivity index (χ2n) is 6.71. The van der Waals surface area contributed by atoms with E-state index in [1.807, 2.05) is 39.0 Å². The van der Waals surface area contributed by atoms with Gasteiger partial charge in [-0.05, 0) is 44.9 Å². The minimum Gasteiger partial charge on any atom is -0.497 e. The molecule has 1 heterocycles. The number of benzene rings is 1. The predicted molar refractivity (Wildman–Crippen MR) is 95.6 cm³/mol. The van der Waals surface area contributed by atoms with Gasteiger partial charge in [0.25, 0.3) is 0 Å². The van der Waals surface area contributed by atoms with Crippen LogP contribution in [0.1, 0.15) is 45.6 Å². The van der Waals surface area contributed by atoms with Gasteiger partial charge in [-0.3, -0.25) is 9.59 Å². The average Bonchev–Trinajstić information content (AvgIpc) is 2.91. The number of rotatable bonds is 7. The van der Waals surface area contributed by atoms with Crippen molar-refractivity contribution < 1.29 is 19.1 Å². The maximum Gasteiger partial charge on any atom is 0.245 e. The summed E-state index contributed by atoms with van der Waals surface area (Å²) in [4.78, 5) is 26.9. The molecule has 0 aromatic heterocycles. The van der Waals surface area contributed by atoms with Crippen molar-refractivity contribution in [1.82, 2.24) is 10.2 Å². The van der Waals surface area contributed by atoms with E-state index in [0.29, 0.717) is 30.9 Å². The Morgan fingerprint density at radius 1 is 1.36 bits per heavy atom. The van der Waals surface area contributed by atoms with E-state index in [1.54, 1.807) is 19.1 Å². The number of nitrogens with zero attached hydrogens (tertiary/aromatic N) is 1. The van der Waals surface area contributed by atoms with Gasteiger partial charge in [-0.25, -0.2) is 0 Å². The molecule has 6 heteroatoms. The molecule has 1 aromatic carbocycles. The van der Waals surface area contributed by atoms with Crippen LogP contribution in [-0.4, -0.2) is 42.5 Å². The fraction of sp³-hybridized carbons (Fsp3) is 0.579. The number of carbonyl (C=O) groups is 2. The standard InChI is InChI=1S/C19H28N2O4/c1-6-13(2)20-18(23)19(3)10-9-17(22)21(19)12-14-11-15(24-4)7-8-16(14)25-5/h7-8,11,13H,6,9-10,12H2,1-5H3,(H,20,23)/t13-,19-/m0/s1. The summed E-state index contributed by atoms with van der Waals surface area (Å²) in [5.74, 6) is 1.24. The van der Waals surface area contributed by atoms with Crippen LogP contribution in [0.5, 0.6) is 11.5 Å². The van der Waals surface area contributed by atoms with Gasteiger partial charge in [0.15, 0.2) is 0 Å². The van der Waals surface area contributed by atoms with E-state index in [1.165, 1.54) is 0 Å². The summed E-state index contributed by atoms with van der Waals surface area (Å²) in [6, 6.07) is 5.54. The van der Waals surface area contributed by atoms with Gasteiger partial charge in [0.05, 0.1) is 20.8 Å². The molecule has 1 fully saturated rings. The summed E-state index contributed by atoms with van der Waals surface area (Å²) in [5.41, 5.74) is -0.0334. The third-order valence-electron chi connectivity index (χ3n) is 5.02. The lowest BCUT2D eigenvalue weighted by molar-refractivity contribution is -0.141. The van der Waals surface area contributed by atoms with E-state index in [-0.39, 0.29) is 17.9 Å². The molecule has 0 aliphatic carbocycles. The van der Waals surface area contributed by atoms with Crippen molar-refractivity contribution in [3.63, 3.8) is 0 Å². The lowest BCUT2D eigenvalue weighted by Crippen LogP contribution is -2.55. The Hall–Kier alpha value is -2.24. The molecule has 0 saturated carbocycles. The number of ether oxygens (including phenoxy) is 2. The normalized spacial score (nSPS) is 21.2. The SMILES string of the molecule is CC[C@H](C)NC(=O)[C@]1(C)CCC(=O)N1Cc1cc(OC)ccc1OC. The average molecular weight is 348 g/mol. The monoisotopic (exact) mass is 348 g/mol. The lowest BCUT2D eigenvalue weighted by atomic mass is 9.96. The zero-order valence-corrected chi connectivity index (χ0v) is 15.7. The van der Waals surface area contributed by atoms with Crippen molar-refractivity contribution in [2.75, 3.05) is 14.2 Å². The number of amides is 2. The highest BCUT2D eigenvalue weighted by molar-refractivity contribution is 5.94. The van der Waals surface area contributed by atoms with Gasteiger partial charge in [0, 0.05) is 18.0 Å². The van der Waals surface area contributed by atoms with Crippen LogP contribution in [0, 0.1) is 0 Å². The van der Waals surface area contributed by atoms with Crippen LogP contribution < -0.4 is 14.8 Å². The molecule has 0 unspecified atom stereocenters. The van der Waals surface area contributed by atoms with Gasteiger partial charge >= 0.3 is 0 Å². The lowest BCUT2D eigenvalue weighted by Gasteiger charge is -2.35. The number of nitrogens with one attached hydrogen (secondary N) is 1. The van der Waals surface area contributed by atoms with E-state index in [2.05, 4.69) is 5.32 Å². The van der Waals surface area contributed by atoms with E-state index >= 15 is 0 Å². The molecular formula is C19H28N2O4. The van der Waals surface area contributed by atoms with Crippen LogP contribution in [0.2, 0.25) is 0 Å². The van der Waals surface area contributed by atoms with Crippen LogP contribution in [0.4, 0.5) is 0 Å². The molecule has 1 saturated heterocycles. The first-order chi connectivity index (χ1) is 11.8. The third-order valence-corrected chi connectivity index (χ3v) is 5.02. The molecule has 2 rings (SSSR count). The van der Waals surface area contributed by atoms with E-state index in [0.717, 1.165) is 12.0 Å². The molecule has 1 aliphatic rings. The zero-order chi connectivity index (χ0) is 18.6. The Kier molecular flexibility index (Phi) is 5.93. The number of methoxy groups -OCH3 is 2. The molecule has 0 spiro atoms. The Morgan fingerprint density at radius 2 is 2.08 bits per heavy atom. The molecule has 0 bridgehead atoms. The molecule has 138 valence electrons. The summed E-state index contributed by atoms with van der Waals surface area (Å²) < 4.78 is 10.7. The van der Waals surface area contributed by atoms with E-state index in [9.17, 15) is 9.59 Å². The fourth-order valence-electron chi connectivity index (χ4n) is 3.05. The summed E-state index contributed by atoms with van der Waals surface area (Å²) in [6.07, 6.45) is 1.73. The topological polar surface area (TPSA) is 67.9 Å². The first kappa shape index (κ1) is 19.1. The largest absolute Gasteiger partial charge is 0.497 e. The first-order valence-corrected chi connectivity index (χ1v) is 8.68. The number of likely N-dealkylation sites (tertiary alicyclic amines) is 1. The molecule has 2 atom stereocenters. The molecule has 1 N–H and O–H groups in total. The second kappa shape index (κ2) is 7.76. The third kappa shape index (κ3) is 3.89. The molecule has 1 aliphatic heterocycles. The summed E-state index contributed by atoms with van der Waals surface area (Å²) >= 11 is 0. The smallest absolute Gasteiger partial charge is 0.245 e. The minimum absolute atomic E-state index is 0.0216. The molecule has 6 nitrogen and oxygen atoms in total. The van der Waals surface area contributed by atoms with Crippen LogP contribution in [0.3, 0.4) is 0 Å². The van der Waals surface area contributed by atoms with Crippen LogP contribution in [-0.2, 0) is 16.1 Å². The minimum atomic E-state index is -0.853. The van der Waals surface area contributed by atoms with Gasteiger partial charge < -0.3 is 19.7 Å². The van der Waals surface area contributed by atoms with Crippen LogP contribution in [0.25, 0.3) is 0 Å². The summed E-state index contributed by atoms with van der Waals surface area (Å²) in [7, 11) is 3.18. The highest BCUT2D eigenvalue weighted by Gasteiger charge is 2.47. The molecule has 1 aromatic rings. The Balaban J connectivity index is 2.29. The first-order valence-electron chi connectivity index (χ1n) is 8.68. The van der Waals surface area contributed by atoms with Gasteiger partial charge in [-0.1, -0.05) is 6.92 Å². The second-order valence-corrected chi connectivity index (χ2v) is 6.71. The molecule has 25 heavy (non-hydrogen) atoms. The van der Waals surface area contributed by atoms with E-state index in [4.69, 9.17) is 9.47 Å².